The van der Waals surface area contributed by atoms with Crippen LogP contribution in [-0.2, 0) is 14.8 Å². The Labute approximate surface area is 112 Å². The summed E-state index contributed by atoms with van der Waals surface area (Å²) in [6.45, 7) is 4.53. The Bertz CT molecular complexity index is 587. The van der Waals surface area contributed by atoms with Crippen LogP contribution in [0.3, 0.4) is 0 Å². The summed E-state index contributed by atoms with van der Waals surface area (Å²) in [5.41, 5.74) is 4.71. The molecule has 7 heteroatoms. The summed E-state index contributed by atoms with van der Waals surface area (Å²) in [6, 6.07) is 3.43. The molecule has 1 aromatic rings. The zero-order valence-electron chi connectivity index (χ0n) is 10.9. The molecule has 0 saturated carbocycles. The largest absolute Gasteiger partial charge is 0.396 e. The van der Waals surface area contributed by atoms with E-state index in [4.69, 9.17) is 10.5 Å². The van der Waals surface area contributed by atoms with Crippen molar-refractivity contribution in [1.29, 1.82) is 0 Å². The van der Waals surface area contributed by atoms with Gasteiger partial charge in [0.25, 0.3) is 0 Å². The van der Waals surface area contributed by atoms with Crippen LogP contribution < -0.4 is 5.73 Å². The third-order valence-electron chi connectivity index (χ3n) is 3.00. The van der Waals surface area contributed by atoms with Crippen molar-refractivity contribution in [1.82, 2.24) is 4.31 Å². The van der Waals surface area contributed by atoms with Crippen LogP contribution in [0.2, 0.25) is 0 Å². The average Bonchev–Trinajstić information content (AvgIpc) is 2.31. The van der Waals surface area contributed by atoms with Gasteiger partial charge in [0, 0.05) is 13.1 Å². The van der Waals surface area contributed by atoms with Crippen molar-refractivity contribution in [2.45, 2.75) is 24.3 Å². The molecule has 0 aromatic heterocycles. The van der Waals surface area contributed by atoms with E-state index in [1.165, 1.54) is 10.4 Å². The molecule has 0 unspecified atom stereocenters. The molecule has 2 rings (SSSR count). The molecule has 2 N–H and O–H groups in total. The number of anilines is 1. The fourth-order valence-electron chi connectivity index (χ4n) is 2.01. The topological polar surface area (TPSA) is 72.6 Å². The van der Waals surface area contributed by atoms with Gasteiger partial charge in [0.15, 0.2) is 0 Å². The summed E-state index contributed by atoms with van der Waals surface area (Å²) >= 11 is 0. The van der Waals surface area contributed by atoms with Gasteiger partial charge >= 0.3 is 0 Å². The molecule has 0 amide bonds. The molecule has 1 fully saturated rings. The molecule has 0 radical (unpaired) electrons. The second-order valence-corrected chi connectivity index (χ2v) is 7.07. The quantitative estimate of drug-likeness (QED) is 0.830. The van der Waals surface area contributed by atoms with Crippen LogP contribution in [0.25, 0.3) is 0 Å². The van der Waals surface area contributed by atoms with Crippen molar-refractivity contribution in [2.24, 2.45) is 0 Å². The van der Waals surface area contributed by atoms with Crippen LogP contribution in [0.5, 0.6) is 0 Å². The van der Waals surface area contributed by atoms with Gasteiger partial charge in [-0.3, -0.25) is 0 Å². The van der Waals surface area contributed by atoms with E-state index in [-0.39, 0.29) is 23.7 Å². The smallest absolute Gasteiger partial charge is 0.243 e. The summed E-state index contributed by atoms with van der Waals surface area (Å²) in [4.78, 5) is 0.00380. The minimum Gasteiger partial charge on any atom is -0.396 e. The second kappa shape index (κ2) is 4.73. The lowest BCUT2D eigenvalue weighted by Gasteiger charge is -2.37. The number of morpholine rings is 1. The van der Waals surface area contributed by atoms with Gasteiger partial charge in [-0.2, -0.15) is 4.31 Å². The number of hydrogen-bond donors (Lipinski definition) is 1. The van der Waals surface area contributed by atoms with Crippen LogP contribution in [0.1, 0.15) is 13.8 Å². The van der Waals surface area contributed by atoms with Crippen molar-refractivity contribution in [3.8, 4) is 0 Å². The summed E-state index contributed by atoms with van der Waals surface area (Å²) in [5.74, 6) is -0.624. The maximum Gasteiger partial charge on any atom is 0.243 e. The van der Waals surface area contributed by atoms with E-state index >= 15 is 0 Å². The van der Waals surface area contributed by atoms with Gasteiger partial charge in [-0.25, -0.2) is 12.8 Å². The number of nitrogens with two attached hydrogens (primary N) is 1. The lowest BCUT2D eigenvalue weighted by molar-refractivity contribution is -0.0640. The van der Waals surface area contributed by atoms with E-state index in [0.717, 1.165) is 12.1 Å². The van der Waals surface area contributed by atoms with Gasteiger partial charge in [0.1, 0.15) is 5.82 Å². The maximum atomic E-state index is 13.1. The molecular weight excluding hydrogens is 271 g/mol. The van der Waals surface area contributed by atoms with Gasteiger partial charge in [0.05, 0.1) is 22.8 Å². The van der Waals surface area contributed by atoms with Gasteiger partial charge < -0.3 is 10.5 Å². The van der Waals surface area contributed by atoms with E-state index in [9.17, 15) is 12.8 Å². The first kappa shape index (κ1) is 14.2. The van der Waals surface area contributed by atoms with Crippen molar-refractivity contribution >= 4 is 15.7 Å². The molecule has 19 heavy (non-hydrogen) atoms. The molecular formula is C12H17FN2O3S. The van der Waals surface area contributed by atoms with E-state index in [1.54, 1.807) is 0 Å². The molecule has 0 spiro atoms. The van der Waals surface area contributed by atoms with Crippen LogP contribution in [0, 0.1) is 5.82 Å². The van der Waals surface area contributed by atoms with Crippen LogP contribution in [0.4, 0.5) is 10.1 Å². The first-order chi connectivity index (χ1) is 8.72. The molecule has 0 bridgehead atoms. The Hall–Kier alpha value is -1.18. The van der Waals surface area contributed by atoms with E-state index in [1.807, 2.05) is 13.8 Å². The zero-order valence-corrected chi connectivity index (χ0v) is 11.7. The number of hydrogen-bond acceptors (Lipinski definition) is 4. The van der Waals surface area contributed by atoms with Gasteiger partial charge in [-0.15, -0.1) is 0 Å². The van der Waals surface area contributed by atoms with Crippen molar-refractivity contribution in [3.63, 3.8) is 0 Å². The first-order valence-electron chi connectivity index (χ1n) is 5.91. The Morgan fingerprint density at radius 3 is 2.68 bits per heavy atom. The molecule has 1 aliphatic rings. The zero-order chi connectivity index (χ0) is 14.3. The predicted octanol–water partition coefficient (Wildman–Crippen LogP) is 1.21. The fraction of sp³-hybridized carbons (Fsp3) is 0.500. The van der Waals surface area contributed by atoms with Crippen LogP contribution in [0.15, 0.2) is 23.1 Å². The third kappa shape index (κ3) is 2.88. The normalized spacial score (nSPS) is 20.4. The Balaban J connectivity index is 2.34. The highest BCUT2D eigenvalue weighted by Gasteiger charge is 2.35. The van der Waals surface area contributed by atoms with E-state index < -0.39 is 21.4 Å². The van der Waals surface area contributed by atoms with Crippen LogP contribution in [-0.4, -0.2) is 38.0 Å². The summed E-state index contributed by atoms with van der Waals surface area (Å²) in [6.07, 6.45) is 0. The van der Waals surface area contributed by atoms with Crippen molar-refractivity contribution < 1.29 is 17.5 Å². The minimum atomic E-state index is -3.67. The molecule has 5 nitrogen and oxygen atoms in total. The second-order valence-electron chi connectivity index (χ2n) is 5.13. The number of halogens is 1. The highest BCUT2D eigenvalue weighted by molar-refractivity contribution is 7.89. The monoisotopic (exact) mass is 288 g/mol. The number of nitrogens with zero attached hydrogens (tertiary/aromatic N) is 1. The molecule has 1 aromatic carbocycles. The molecule has 1 saturated heterocycles. The summed E-state index contributed by atoms with van der Waals surface area (Å²) in [7, 11) is -3.67. The SMILES string of the molecule is CC1(C)CN(S(=O)(=O)c2ccc(F)c(N)c2)CCO1. The summed E-state index contributed by atoms with van der Waals surface area (Å²) in [5, 5.41) is 0. The molecule has 0 aliphatic carbocycles. The first-order valence-corrected chi connectivity index (χ1v) is 7.35. The highest BCUT2D eigenvalue weighted by atomic mass is 32.2. The van der Waals surface area contributed by atoms with E-state index in [0.29, 0.717) is 6.61 Å². The molecule has 1 heterocycles. The van der Waals surface area contributed by atoms with Crippen LogP contribution >= 0.6 is 0 Å². The number of benzene rings is 1. The minimum absolute atomic E-state index is 0.00380. The number of rotatable bonds is 2. The van der Waals surface area contributed by atoms with Gasteiger partial charge in [0.2, 0.25) is 10.0 Å². The standard InChI is InChI=1S/C12H17FN2O3S/c1-12(2)8-15(5-6-18-12)19(16,17)9-3-4-10(13)11(14)7-9/h3-4,7H,5-6,8,14H2,1-2H3. The fourth-order valence-corrected chi connectivity index (χ4v) is 3.62. The average molecular weight is 288 g/mol. The Kier molecular flexibility index (Phi) is 3.55. The Morgan fingerprint density at radius 2 is 2.11 bits per heavy atom. The predicted molar refractivity (Wildman–Crippen MR) is 69.6 cm³/mol. The molecule has 106 valence electrons. The summed E-state index contributed by atoms with van der Waals surface area (Å²) < 4.78 is 44.8. The Morgan fingerprint density at radius 1 is 1.42 bits per heavy atom. The lowest BCUT2D eigenvalue weighted by atomic mass is 10.1. The molecule has 1 aliphatic heterocycles. The highest BCUT2D eigenvalue weighted by Crippen LogP contribution is 2.25. The van der Waals surface area contributed by atoms with Gasteiger partial charge in [-0.05, 0) is 32.0 Å². The lowest BCUT2D eigenvalue weighted by Crippen LogP contribution is -2.50. The number of ether oxygens (including phenoxy) is 1. The van der Waals surface area contributed by atoms with E-state index in [2.05, 4.69) is 0 Å². The maximum absolute atomic E-state index is 13.1. The number of nitrogen functional groups attached to an aromatic ring is 1. The van der Waals surface area contributed by atoms with Gasteiger partial charge in [-0.1, -0.05) is 0 Å². The van der Waals surface area contributed by atoms with Crippen molar-refractivity contribution in [2.75, 3.05) is 25.4 Å². The number of sulfonamides is 1. The molecule has 0 atom stereocenters. The van der Waals surface area contributed by atoms with Crippen molar-refractivity contribution in [3.05, 3.63) is 24.0 Å². The third-order valence-corrected chi connectivity index (χ3v) is 4.84.